The van der Waals surface area contributed by atoms with Crippen molar-refractivity contribution in [1.82, 2.24) is 14.7 Å². The quantitative estimate of drug-likeness (QED) is 0.526. The Balaban J connectivity index is 1.32. The third-order valence-electron chi connectivity index (χ3n) is 6.57. The first-order valence-corrected chi connectivity index (χ1v) is 11.8. The van der Waals surface area contributed by atoms with Crippen LogP contribution >= 0.6 is 0 Å². The molecule has 1 N–H and O–H groups in total. The van der Waals surface area contributed by atoms with Gasteiger partial charge in [0.1, 0.15) is 0 Å². The first kappa shape index (κ1) is 24.3. The van der Waals surface area contributed by atoms with Gasteiger partial charge in [0.05, 0.1) is 18.4 Å². The number of nitrogens with one attached hydrogen (secondary N) is 1. The number of piperidine rings is 1. The lowest BCUT2D eigenvalue weighted by molar-refractivity contribution is -0.158. The van der Waals surface area contributed by atoms with E-state index in [1.807, 2.05) is 37.3 Å². The fourth-order valence-corrected chi connectivity index (χ4v) is 4.62. The summed E-state index contributed by atoms with van der Waals surface area (Å²) in [4.78, 5) is 55.4. The lowest BCUT2D eigenvalue weighted by atomic mass is 10.0. The van der Waals surface area contributed by atoms with Crippen molar-refractivity contribution in [3.05, 3.63) is 65.2 Å². The maximum Gasteiger partial charge on any atom is 0.339 e. The van der Waals surface area contributed by atoms with Gasteiger partial charge in [-0.05, 0) is 43.0 Å². The lowest BCUT2D eigenvalue weighted by Crippen LogP contribution is -2.59. The molecule has 0 aliphatic carbocycles. The standard InChI is InChI=1S/C26H30N4O5/c1-18-8-9-21(25(33)35-2)22(16-18)27-26(34)28-12-10-20(11-13-28)30-15-14-29(23(31)24(30)32)17-19-6-4-3-5-7-19/h3-9,16,20H,10-15,17H2,1-2H3,(H,27,34). The van der Waals surface area contributed by atoms with E-state index in [1.165, 1.54) is 7.11 Å². The molecule has 0 bridgehead atoms. The molecule has 4 rings (SSSR count). The van der Waals surface area contributed by atoms with E-state index in [1.54, 1.807) is 32.9 Å². The van der Waals surface area contributed by atoms with Crippen LogP contribution in [0.5, 0.6) is 0 Å². The summed E-state index contributed by atoms with van der Waals surface area (Å²) in [5, 5.41) is 2.82. The largest absolute Gasteiger partial charge is 0.465 e. The summed E-state index contributed by atoms with van der Waals surface area (Å²) in [7, 11) is 1.30. The number of carbonyl (C=O) groups is 4. The predicted octanol–water partition coefficient (Wildman–Crippen LogP) is 2.65. The van der Waals surface area contributed by atoms with Crippen LogP contribution in [0.25, 0.3) is 0 Å². The monoisotopic (exact) mass is 478 g/mol. The maximum atomic E-state index is 12.9. The molecule has 2 heterocycles. The van der Waals surface area contributed by atoms with E-state index in [0.29, 0.717) is 56.8 Å². The molecule has 2 saturated heterocycles. The Hall–Kier alpha value is -3.88. The topological polar surface area (TPSA) is 99.3 Å². The maximum absolute atomic E-state index is 12.9. The van der Waals surface area contributed by atoms with E-state index in [-0.39, 0.29) is 12.1 Å². The summed E-state index contributed by atoms with van der Waals surface area (Å²) in [5.74, 6) is -1.47. The highest BCUT2D eigenvalue weighted by Gasteiger charge is 2.38. The fraction of sp³-hybridized carbons (Fsp3) is 0.385. The number of aryl methyl sites for hydroxylation is 1. The molecule has 184 valence electrons. The Morgan fingerprint density at radius 3 is 2.37 bits per heavy atom. The number of carbonyl (C=O) groups excluding carboxylic acids is 4. The van der Waals surface area contributed by atoms with Gasteiger partial charge in [0, 0.05) is 38.8 Å². The number of benzene rings is 2. The third-order valence-corrected chi connectivity index (χ3v) is 6.57. The van der Waals surface area contributed by atoms with Gasteiger partial charge in [-0.15, -0.1) is 0 Å². The van der Waals surface area contributed by atoms with Crippen LogP contribution in [0, 0.1) is 6.92 Å². The van der Waals surface area contributed by atoms with Gasteiger partial charge in [0.25, 0.3) is 0 Å². The van der Waals surface area contributed by atoms with Crippen molar-refractivity contribution in [2.75, 3.05) is 38.6 Å². The Bertz CT molecular complexity index is 1110. The molecule has 4 amide bonds. The van der Waals surface area contributed by atoms with Crippen LogP contribution in [0.3, 0.4) is 0 Å². The van der Waals surface area contributed by atoms with E-state index >= 15 is 0 Å². The second kappa shape index (κ2) is 10.6. The predicted molar refractivity (Wildman–Crippen MR) is 130 cm³/mol. The molecule has 2 aromatic carbocycles. The number of anilines is 1. The number of ether oxygens (including phenoxy) is 1. The summed E-state index contributed by atoms with van der Waals surface area (Å²) in [6, 6.07) is 14.4. The van der Waals surface area contributed by atoms with Crippen molar-refractivity contribution in [2.24, 2.45) is 0 Å². The molecule has 2 fully saturated rings. The molecule has 35 heavy (non-hydrogen) atoms. The van der Waals surface area contributed by atoms with Gasteiger partial charge in [-0.2, -0.15) is 0 Å². The molecule has 2 aromatic rings. The number of nitrogens with zero attached hydrogens (tertiary/aromatic N) is 3. The molecule has 0 unspecified atom stereocenters. The van der Waals surface area contributed by atoms with Crippen LogP contribution in [0.1, 0.15) is 34.3 Å². The molecule has 0 aromatic heterocycles. The van der Waals surface area contributed by atoms with Crippen molar-refractivity contribution in [3.8, 4) is 0 Å². The number of piperazine rings is 1. The number of amides is 4. The molecule has 2 aliphatic heterocycles. The highest BCUT2D eigenvalue weighted by atomic mass is 16.5. The van der Waals surface area contributed by atoms with E-state index in [4.69, 9.17) is 4.74 Å². The zero-order valence-electron chi connectivity index (χ0n) is 20.0. The second-order valence-electron chi connectivity index (χ2n) is 8.90. The van der Waals surface area contributed by atoms with E-state index in [2.05, 4.69) is 5.32 Å². The Morgan fingerprint density at radius 1 is 0.971 bits per heavy atom. The smallest absolute Gasteiger partial charge is 0.339 e. The summed E-state index contributed by atoms with van der Waals surface area (Å²) in [6.07, 6.45) is 1.17. The molecule has 9 heteroatoms. The highest BCUT2D eigenvalue weighted by molar-refractivity contribution is 6.35. The van der Waals surface area contributed by atoms with Gasteiger partial charge in [0.2, 0.25) is 0 Å². The average molecular weight is 479 g/mol. The number of esters is 1. The number of urea groups is 1. The van der Waals surface area contributed by atoms with Crippen molar-refractivity contribution in [3.63, 3.8) is 0 Å². The van der Waals surface area contributed by atoms with Gasteiger partial charge < -0.3 is 24.8 Å². The molecule has 0 saturated carbocycles. The normalized spacial score (nSPS) is 16.9. The summed E-state index contributed by atoms with van der Waals surface area (Å²) >= 11 is 0. The third kappa shape index (κ3) is 5.45. The van der Waals surface area contributed by atoms with Crippen LogP contribution in [0.4, 0.5) is 10.5 Å². The van der Waals surface area contributed by atoms with E-state index < -0.39 is 17.8 Å². The van der Waals surface area contributed by atoms with Crippen LogP contribution < -0.4 is 5.32 Å². The lowest BCUT2D eigenvalue weighted by Gasteiger charge is -2.42. The number of hydrogen-bond donors (Lipinski definition) is 1. The van der Waals surface area contributed by atoms with Crippen LogP contribution in [0.2, 0.25) is 0 Å². The average Bonchev–Trinajstić information content (AvgIpc) is 2.87. The Labute approximate surface area is 204 Å². The summed E-state index contributed by atoms with van der Waals surface area (Å²) in [6.45, 7) is 4.16. The minimum atomic E-state index is -0.520. The van der Waals surface area contributed by atoms with Gasteiger partial charge >= 0.3 is 23.8 Å². The molecule has 0 spiro atoms. The van der Waals surface area contributed by atoms with Crippen molar-refractivity contribution in [2.45, 2.75) is 32.4 Å². The SMILES string of the molecule is COC(=O)c1ccc(C)cc1NC(=O)N1CCC(N2CCN(Cc3ccccc3)C(=O)C2=O)CC1. The van der Waals surface area contributed by atoms with Gasteiger partial charge in [0.15, 0.2) is 0 Å². The van der Waals surface area contributed by atoms with Crippen LogP contribution in [0.15, 0.2) is 48.5 Å². The van der Waals surface area contributed by atoms with Crippen molar-refractivity contribution >= 4 is 29.5 Å². The zero-order chi connectivity index (χ0) is 24.9. The molecular weight excluding hydrogens is 448 g/mol. The Kier molecular flexibility index (Phi) is 7.33. The van der Waals surface area contributed by atoms with Gasteiger partial charge in [-0.3, -0.25) is 9.59 Å². The van der Waals surface area contributed by atoms with Gasteiger partial charge in [-0.1, -0.05) is 36.4 Å². The van der Waals surface area contributed by atoms with Crippen molar-refractivity contribution < 1.29 is 23.9 Å². The highest BCUT2D eigenvalue weighted by Crippen LogP contribution is 2.23. The molecule has 2 aliphatic rings. The molecule has 0 radical (unpaired) electrons. The van der Waals surface area contributed by atoms with Gasteiger partial charge in [-0.25, -0.2) is 9.59 Å². The molecule has 9 nitrogen and oxygen atoms in total. The number of likely N-dealkylation sites (tertiary alicyclic amines) is 1. The first-order chi connectivity index (χ1) is 16.9. The number of hydrogen-bond acceptors (Lipinski definition) is 5. The summed E-state index contributed by atoms with van der Waals surface area (Å²) in [5.41, 5.74) is 2.59. The van der Waals surface area contributed by atoms with E-state index in [0.717, 1.165) is 11.1 Å². The number of rotatable bonds is 5. The van der Waals surface area contributed by atoms with Crippen molar-refractivity contribution in [1.29, 1.82) is 0 Å². The fourth-order valence-electron chi connectivity index (χ4n) is 4.62. The minimum absolute atomic E-state index is 0.0843. The van der Waals surface area contributed by atoms with E-state index in [9.17, 15) is 19.2 Å². The minimum Gasteiger partial charge on any atom is -0.465 e. The molecule has 0 atom stereocenters. The van der Waals surface area contributed by atoms with Crippen LogP contribution in [-0.2, 0) is 20.9 Å². The zero-order valence-corrected chi connectivity index (χ0v) is 20.0. The number of methoxy groups -OCH3 is 1. The molecular formula is C26H30N4O5. The summed E-state index contributed by atoms with van der Waals surface area (Å²) < 4.78 is 4.81. The van der Waals surface area contributed by atoms with Crippen LogP contribution in [-0.4, -0.2) is 77.8 Å². The first-order valence-electron chi connectivity index (χ1n) is 11.8. The Morgan fingerprint density at radius 2 is 1.69 bits per heavy atom. The second-order valence-corrected chi connectivity index (χ2v) is 8.90.